The van der Waals surface area contributed by atoms with Gasteiger partial charge in [-0.3, -0.25) is 0 Å². The quantitative estimate of drug-likeness (QED) is 0.276. The third-order valence-corrected chi connectivity index (χ3v) is 6.25. The van der Waals surface area contributed by atoms with E-state index in [1.54, 1.807) is 0 Å². The molecule has 1 aliphatic heterocycles. The standard InChI is InChI=1S/C18H17F13O4/c1-8(13(19,20)21)10(32)34-16(18(29,30)31)15(24,25)12(33,9-6-4-3-5-7-9)14(22,23)11(2,35-16)17(26,27)28/h9,33H,1,3-7H2,2H3. The first-order chi connectivity index (χ1) is 15.4. The fraction of sp³-hybridized carbons (Fsp3) is 0.833. The lowest BCUT2D eigenvalue weighted by Crippen LogP contribution is -2.88. The highest BCUT2D eigenvalue weighted by Crippen LogP contribution is 2.68. The van der Waals surface area contributed by atoms with Crippen LogP contribution in [0, 0.1) is 5.92 Å². The zero-order valence-electron chi connectivity index (χ0n) is 17.4. The van der Waals surface area contributed by atoms with Gasteiger partial charge in [-0.2, -0.15) is 57.1 Å². The van der Waals surface area contributed by atoms with Crippen LogP contribution in [0.15, 0.2) is 12.2 Å². The van der Waals surface area contributed by atoms with Crippen molar-refractivity contribution in [1.82, 2.24) is 0 Å². The predicted molar refractivity (Wildman–Crippen MR) is 87.0 cm³/mol. The van der Waals surface area contributed by atoms with E-state index in [1.165, 1.54) is 0 Å². The van der Waals surface area contributed by atoms with E-state index in [2.05, 4.69) is 9.47 Å². The van der Waals surface area contributed by atoms with Gasteiger partial charge >= 0.3 is 42.1 Å². The van der Waals surface area contributed by atoms with Gasteiger partial charge in [-0.15, -0.1) is 0 Å². The van der Waals surface area contributed by atoms with Crippen LogP contribution in [0.3, 0.4) is 0 Å². The monoisotopic (exact) mass is 544 g/mol. The molecule has 2 aliphatic rings. The Morgan fingerprint density at radius 1 is 0.886 bits per heavy atom. The van der Waals surface area contributed by atoms with Crippen LogP contribution < -0.4 is 0 Å². The third kappa shape index (κ3) is 3.87. The van der Waals surface area contributed by atoms with E-state index in [-0.39, 0.29) is 19.3 Å². The van der Waals surface area contributed by atoms with Crippen LogP contribution in [-0.2, 0) is 14.3 Å². The summed E-state index contributed by atoms with van der Waals surface area (Å²) < 4.78 is 189. The van der Waals surface area contributed by atoms with Gasteiger partial charge in [0, 0.05) is 5.92 Å². The minimum absolute atomic E-state index is 0.140. The molecule has 1 aliphatic carbocycles. The summed E-state index contributed by atoms with van der Waals surface area (Å²) in [7, 11) is 0. The van der Waals surface area contributed by atoms with E-state index >= 15 is 17.6 Å². The molecular formula is C18H17F13O4. The van der Waals surface area contributed by atoms with Gasteiger partial charge in [-0.05, 0) is 19.8 Å². The number of rotatable bonds is 3. The summed E-state index contributed by atoms with van der Waals surface area (Å²) in [4.78, 5) is 11.7. The van der Waals surface area contributed by atoms with Crippen LogP contribution >= 0.6 is 0 Å². The largest absolute Gasteiger partial charge is 0.462 e. The molecule has 1 saturated heterocycles. The van der Waals surface area contributed by atoms with E-state index in [4.69, 9.17) is 0 Å². The van der Waals surface area contributed by atoms with Gasteiger partial charge in [0.15, 0.2) is 0 Å². The molecule has 0 aromatic heterocycles. The normalized spacial score (nSPS) is 34.4. The van der Waals surface area contributed by atoms with Gasteiger partial charge < -0.3 is 14.6 Å². The Labute approximate surface area is 188 Å². The van der Waals surface area contributed by atoms with Crippen molar-refractivity contribution < 1.29 is 76.5 Å². The predicted octanol–water partition coefficient (Wildman–Crippen LogP) is 5.84. The summed E-state index contributed by atoms with van der Waals surface area (Å²) >= 11 is 0. The number of esters is 1. The molecule has 1 heterocycles. The number of alkyl halides is 13. The second-order valence-electron chi connectivity index (χ2n) is 8.36. The molecule has 2 rings (SSSR count). The lowest BCUT2D eigenvalue weighted by molar-refractivity contribution is -0.559. The Morgan fingerprint density at radius 3 is 1.71 bits per heavy atom. The molecule has 0 spiro atoms. The molecule has 0 amide bonds. The Hall–Kier alpha value is -1.78. The molecule has 17 heteroatoms. The summed E-state index contributed by atoms with van der Waals surface area (Å²) in [6, 6.07) is 0. The fourth-order valence-electron chi connectivity index (χ4n) is 4.18. The zero-order chi connectivity index (χ0) is 27.7. The van der Waals surface area contributed by atoms with Gasteiger partial charge in [0.05, 0.1) is 0 Å². The summed E-state index contributed by atoms with van der Waals surface area (Å²) in [6.45, 7) is 1.18. The minimum Gasteiger partial charge on any atom is -0.414 e. The molecule has 0 aromatic rings. The summed E-state index contributed by atoms with van der Waals surface area (Å²) in [5.74, 6) is -25.3. The van der Waals surface area contributed by atoms with Gasteiger partial charge in [0.25, 0.3) is 0 Å². The Morgan fingerprint density at radius 2 is 1.34 bits per heavy atom. The van der Waals surface area contributed by atoms with Gasteiger partial charge in [-0.1, -0.05) is 25.8 Å². The number of ether oxygens (including phenoxy) is 2. The van der Waals surface area contributed by atoms with Crippen molar-refractivity contribution in [2.24, 2.45) is 5.92 Å². The lowest BCUT2D eigenvalue weighted by Gasteiger charge is -2.61. The maximum absolute atomic E-state index is 15.5. The van der Waals surface area contributed by atoms with Crippen molar-refractivity contribution in [1.29, 1.82) is 0 Å². The van der Waals surface area contributed by atoms with Crippen LogP contribution in [0.1, 0.15) is 39.0 Å². The number of carbonyl (C=O) groups is 1. The number of carbonyl (C=O) groups excluding carboxylic acids is 1. The highest BCUT2D eigenvalue weighted by molar-refractivity contribution is 5.89. The lowest BCUT2D eigenvalue weighted by atomic mass is 9.62. The van der Waals surface area contributed by atoms with E-state index in [0.717, 1.165) is 0 Å². The van der Waals surface area contributed by atoms with Crippen LogP contribution in [0.4, 0.5) is 57.1 Å². The topological polar surface area (TPSA) is 55.8 Å². The first-order valence-electron chi connectivity index (χ1n) is 9.66. The van der Waals surface area contributed by atoms with Crippen molar-refractivity contribution in [3.8, 4) is 0 Å². The fourth-order valence-corrected chi connectivity index (χ4v) is 4.18. The molecular weight excluding hydrogens is 527 g/mol. The van der Waals surface area contributed by atoms with Crippen molar-refractivity contribution >= 4 is 5.97 Å². The number of halogens is 13. The number of hydrogen-bond acceptors (Lipinski definition) is 4. The second kappa shape index (κ2) is 8.11. The SMILES string of the molecule is C=C(C(=O)OC1(C(F)(F)F)OC(C)(C(F)(F)F)C(F)(F)C(O)(C2CCCCC2)C1(F)F)C(F)(F)F. The first kappa shape index (κ1) is 29.5. The van der Waals surface area contributed by atoms with E-state index in [9.17, 15) is 49.4 Å². The number of hydrogen-bond donors (Lipinski definition) is 1. The van der Waals surface area contributed by atoms with E-state index in [0.29, 0.717) is 0 Å². The van der Waals surface area contributed by atoms with Gasteiger partial charge in [0.1, 0.15) is 5.57 Å². The van der Waals surface area contributed by atoms with Gasteiger partial charge in [0.2, 0.25) is 11.2 Å². The molecule has 0 bridgehead atoms. The second-order valence-corrected chi connectivity index (χ2v) is 8.36. The Kier molecular flexibility index (Phi) is 6.83. The highest BCUT2D eigenvalue weighted by Gasteiger charge is 2.97. The molecule has 2 fully saturated rings. The molecule has 0 radical (unpaired) electrons. The van der Waals surface area contributed by atoms with Crippen LogP contribution in [0.25, 0.3) is 0 Å². The van der Waals surface area contributed by atoms with E-state index in [1.807, 2.05) is 6.58 Å². The van der Waals surface area contributed by atoms with Crippen LogP contribution in [0.2, 0.25) is 0 Å². The summed E-state index contributed by atoms with van der Waals surface area (Å²) in [5.41, 5.74) is -14.1. The maximum atomic E-state index is 15.5. The molecule has 3 unspecified atom stereocenters. The van der Waals surface area contributed by atoms with Crippen molar-refractivity contribution in [2.45, 2.75) is 86.4 Å². The van der Waals surface area contributed by atoms with Crippen LogP contribution in [-0.4, -0.2) is 58.4 Å². The smallest absolute Gasteiger partial charge is 0.414 e. The van der Waals surface area contributed by atoms with Crippen molar-refractivity contribution in [2.75, 3.05) is 0 Å². The number of aliphatic hydroxyl groups is 1. The minimum atomic E-state index is -7.08. The third-order valence-electron chi connectivity index (χ3n) is 6.25. The van der Waals surface area contributed by atoms with E-state index < -0.39 is 84.6 Å². The average Bonchev–Trinajstić information content (AvgIpc) is 2.68. The summed E-state index contributed by atoms with van der Waals surface area (Å²) in [5, 5.41) is 10.5. The molecule has 204 valence electrons. The van der Waals surface area contributed by atoms with Gasteiger partial charge in [-0.25, -0.2) is 4.79 Å². The highest BCUT2D eigenvalue weighted by atomic mass is 19.4. The molecule has 0 aromatic carbocycles. The van der Waals surface area contributed by atoms with Crippen LogP contribution in [0.5, 0.6) is 0 Å². The Bertz CT molecular complexity index is 856. The molecule has 4 nitrogen and oxygen atoms in total. The molecule has 1 saturated carbocycles. The summed E-state index contributed by atoms with van der Waals surface area (Å²) in [6.07, 6.45) is -21.9. The van der Waals surface area contributed by atoms with Crippen molar-refractivity contribution in [3.63, 3.8) is 0 Å². The maximum Gasteiger partial charge on any atom is 0.462 e. The Balaban J connectivity index is 2.95. The average molecular weight is 544 g/mol. The zero-order valence-corrected chi connectivity index (χ0v) is 17.4. The van der Waals surface area contributed by atoms with Crippen molar-refractivity contribution in [3.05, 3.63) is 12.2 Å². The molecule has 35 heavy (non-hydrogen) atoms. The molecule has 1 N–H and O–H groups in total. The molecule has 3 atom stereocenters. The first-order valence-corrected chi connectivity index (χ1v) is 9.66.